The van der Waals surface area contributed by atoms with Gasteiger partial charge in [0.25, 0.3) is 0 Å². The summed E-state index contributed by atoms with van der Waals surface area (Å²) in [6, 6.07) is 4.48. The molecule has 0 bridgehead atoms. The number of nitrogens with zero attached hydrogens (tertiary/aromatic N) is 5. The van der Waals surface area contributed by atoms with Crippen molar-refractivity contribution in [3.8, 4) is 10.8 Å². The maximum absolute atomic E-state index is 5.79. The van der Waals surface area contributed by atoms with E-state index in [1.165, 1.54) is 25.7 Å². The van der Waals surface area contributed by atoms with E-state index in [-0.39, 0.29) is 0 Å². The summed E-state index contributed by atoms with van der Waals surface area (Å²) in [4.78, 5) is 5.68. The van der Waals surface area contributed by atoms with Gasteiger partial charge in [0, 0.05) is 5.75 Å². The number of rotatable bonds is 5. The van der Waals surface area contributed by atoms with Gasteiger partial charge in [0.05, 0.1) is 16.6 Å². The average molecular weight is 347 g/mol. The van der Waals surface area contributed by atoms with E-state index in [4.69, 9.17) is 4.42 Å². The Morgan fingerprint density at radius 1 is 1.39 bits per heavy atom. The summed E-state index contributed by atoms with van der Waals surface area (Å²) < 4.78 is 7.77. The zero-order chi connectivity index (χ0) is 15.6. The average Bonchev–Trinajstić information content (AvgIpc) is 3.32. The number of thiophene rings is 1. The summed E-state index contributed by atoms with van der Waals surface area (Å²) in [7, 11) is 0. The first-order valence-electron chi connectivity index (χ1n) is 7.72. The van der Waals surface area contributed by atoms with Crippen LogP contribution < -0.4 is 0 Å². The third kappa shape index (κ3) is 3.05. The number of tetrazole rings is 1. The van der Waals surface area contributed by atoms with Crippen LogP contribution in [0.4, 0.5) is 0 Å². The van der Waals surface area contributed by atoms with E-state index in [9.17, 15) is 0 Å². The lowest BCUT2D eigenvalue weighted by Gasteiger charge is -2.10. The predicted octanol–water partition coefficient (Wildman–Crippen LogP) is 4.11. The van der Waals surface area contributed by atoms with Crippen molar-refractivity contribution in [3.63, 3.8) is 0 Å². The normalized spacial score (nSPS) is 15.5. The maximum Gasteiger partial charge on any atom is 0.236 e. The fourth-order valence-electron chi connectivity index (χ4n) is 2.86. The van der Waals surface area contributed by atoms with Crippen molar-refractivity contribution in [2.75, 3.05) is 0 Å². The first kappa shape index (κ1) is 14.9. The SMILES string of the molecule is Cc1oc(-c2cccs2)nc1CSc1nnnn1C1CCCC1. The Morgan fingerprint density at radius 3 is 3.04 bits per heavy atom. The molecule has 1 saturated carbocycles. The van der Waals surface area contributed by atoms with Crippen LogP contribution >= 0.6 is 23.1 Å². The zero-order valence-electron chi connectivity index (χ0n) is 12.8. The number of oxazole rings is 1. The highest BCUT2D eigenvalue weighted by Crippen LogP contribution is 2.33. The van der Waals surface area contributed by atoms with Crippen molar-refractivity contribution >= 4 is 23.1 Å². The van der Waals surface area contributed by atoms with Crippen LogP contribution in [0, 0.1) is 6.92 Å². The molecule has 1 fully saturated rings. The molecule has 120 valence electrons. The zero-order valence-corrected chi connectivity index (χ0v) is 14.4. The number of hydrogen-bond acceptors (Lipinski definition) is 7. The van der Waals surface area contributed by atoms with E-state index < -0.39 is 0 Å². The second kappa shape index (κ2) is 6.45. The van der Waals surface area contributed by atoms with Gasteiger partial charge in [-0.2, -0.15) is 0 Å². The van der Waals surface area contributed by atoms with Gasteiger partial charge in [-0.3, -0.25) is 0 Å². The lowest BCUT2D eigenvalue weighted by molar-refractivity contribution is 0.423. The van der Waals surface area contributed by atoms with Gasteiger partial charge in [-0.05, 0) is 41.6 Å². The van der Waals surface area contributed by atoms with Crippen molar-refractivity contribution in [3.05, 3.63) is 29.0 Å². The van der Waals surface area contributed by atoms with Gasteiger partial charge in [0.1, 0.15) is 5.76 Å². The molecular weight excluding hydrogens is 330 g/mol. The molecule has 0 atom stereocenters. The fourth-order valence-corrected chi connectivity index (χ4v) is 4.45. The van der Waals surface area contributed by atoms with Crippen LogP contribution in [0.2, 0.25) is 0 Å². The summed E-state index contributed by atoms with van der Waals surface area (Å²) >= 11 is 3.26. The lowest BCUT2D eigenvalue weighted by atomic mass is 10.3. The molecule has 3 aromatic heterocycles. The highest BCUT2D eigenvalue weighted by atomic mass is 32.2. The van der Waals surface area contributed by atoms with Gasteiger partial charge >= 0.3 is 0 Å². The van der Waals surface area contributed by atoms with E-state index in [1.807, 2.05) is 29.1 Å². The first-order chi connectivity index (χ1) is 11.3. The summed E-state index contributed by atoms with van der Waals surface area (Å²) in [5, 5.41) is 15.1. The highest BCUT2D eigenvalue weighted by Gasteiger charge is 2.22. The van der Waals surface area contributed by atoms with E-state index in [2.05, 4.69) is 20.5 Å². The highest BCUT2D eigenvalue weighted by molar-refractivity contribution is 7.98. The number of hydrogen-bond donors (Lipinski definition) is 0. The molecule has 0 saturated heterocycles. The lowest BCUT2D eigenvalue weighted by Crippen LogP contribution is -2.08. The quantitative estimate of drug-likeness (QED) is 0.647. The Labute approximate surface area is 142 Å². The van der Waals surface area contributed by atoms with Gasteiger partial charge in [0.2, 0.25) is 11.0 Å². The Morgan fingerprint density at radius 2 is 2.26 bits per heavy atom. The Hall–Kier alpha value is -1.67. The number of thioether (sulfide) groups is 1. The van der Waals surface area contributed by atoms with Crippen LogP contribution in [0.1, 0.15) is 43.2 Å². The van der Waals surface area contributed by atoms with Crippen molar-refractivity contribution in [2.45, 2.75) is 49.6 Å². The van der Waals surface area contributed by atoms with E-state index >= 15 is 0 Å². The Kier molecular flexibility index (Phi) is 4.17. The van der Waals surface area contributed by atoms with Crippen molar-refractivity contribution in [1.29, 1.82) is 0 Å². The summed E-state index contributed by atoms with van der Waals surface area (Å²) in [6.45, 7) is 1.96. The fraction of sp³-hybridized carbons (Fsp3) is 0.467. The second-order valence-electron chi connectivity index (χ2n) is 5.63. The molecule has 0 N–H and O–H groups in total. The standard InChI is InChI=1S/C15H17N5OS2/c1-10-12(16-14(21-10)13-7-4-8-22-13)9-23-15-17-18-19-20(15)11-5-2-3-6-11/h4,7-8,11H,2-3,5-6,9H2,1H3. The van der Waals surface area contributed by atoms with Gasteiger partial charge in [0.15, 0.2) is 0 Å². The molecule has 1 aliphatic rings. The molecule has 3 heterocycles. The van der Waals surface area contributed by atoms with Gasteiger partial charge in [-0.25, -0.2) is 9.67 Å². The molecule has 23 heavy (non-hydrogen) atoms. The molecule has 0 unspecified atom stereocenters. The molecule has 3 aromatic rings. The minimum atomic E-state index is 0.451. The monoisotopic (exact) mass is 347 g/mol. The van der Waals surface area contributed by atoms with Crippen LogP contribution in [-0.2, 0) is 5.75 Å². The van der Waals surface area contributed by atoms with Crippen molar-refractivity contribution < 1.29 is 4.42 Å². The van der Waals surface area contributed by atoms with Crippen LogP contribution in [0.25, 0.3) is 10.8 Å². The summed E-state index contributed by atoms with van der Waals surface area (Å²) in [5.41, 5.74) is 0.958. The van der Waals surface area contributed by atoms with E-state index in [0.717, 1.165) is 21.5 Å². The molecule has 0 spiro atoms. The Bertz CT molecular complexity index is 774. The minimum Gasteiger partial charge on any atom is -0.440 e. The van der Waals surface area contributed by atoms with Gasteiger partial charge in [-0.1, -0.05) is 30.7 Å². The predicted molar refractivity (Wildman–Crippen MR) is 89.4 cm³/mol. The Balaban J connectivity index is 1.48. The molecule has 0 radical (unpaired) electrons. The third-order valence-electron chi connectivity index (χ3n) is 4.10. The molecule has 6 nitrogen and oxygen atoms in total. The molecular formula is C15H17N5OS2. The molecule has 8 heteroatoms. The van der Waals surface area contributed by atoms with Crippen molar-refractivity contribution in [2.24, 2.45) is 0 Å². The van der Waals surface area contributed by atoms with Crippen LogP contribution in [0.5, 0.6) is 0 Å². The van der Waals surface area contributed by atoms with Gasteiger partial charge in [-0.15, -0.1) is 16.4 Å². The molecule has 4 rings (SSSR count). The maximum atomic E-state index is 5.79. The van der Waals surface area contributed by atoms with E-state index in [0.29, 0.717) is 17.7 Å². The van der Waals surface area contributed by atoms with Gasteiger partial charge < -0.3 is 4.42 Å². The van der Waals surface area contributed by atoms with Crippen LogP contribution in [0.15, 0.2) is 27.1 Å². The molecule has 0 aromatic carbocycles. The summed E-state index contributed by atoms with van der Waals surface area (Å²) in [6.07, 6.45) is 4.87. The molecule has 0 amide bonds. The van der Waals surface area contributed by atoms with Crippen LogP contribution in [-0.4, -0.2) is 25.2 Å². The summed E-state index contributed by atoms with van der Waals surface area (Å²) in [5.74, 6) is 2.28. The first-order valence-corrected chi connectivity index (χ1v) is 9.58. The second-order valence-corrected chi connectivity index (χ2v) is 7.52. The smallest absolute Gasteiger partial charge is 0.236 e. The number of aromatic nitrogens is 5. The van der Waals surface area contributed by atoms with E-state index in [1.54, 1.807) is 23.1 Å². The molecule has 1 aliphatic carbocycles. The molecule has 0 aliphatic heterocycles. The topological polar surface area (TPSA) is 69.6 Å². The van der Waals surface area contributed by atoms with Crippen molar-refractivity contribution in [1.82, 2.24) is 25.2 Å². The largest absolute Gasteiger partial charge is 0.440 e. The number of aryl methyl sites for hydroxylation is 1. The third-order valence-corrected chi connectivity index (χ3v) is 5.90. The minimum absolute atomic E-state index is 0.451. The van der Waals surface area contributed by atoms with Crippen LogP contribution in [0.3, 0.4) is 0 Å².